The molecule has 0 bridgehead atoms. The van der Waals surface area contributed by atoms with E-state index in [4.69, 9.17) is 51.1 Å². The number of hydrogen-bond donors (Lipinski definition) is 1. The molecule has 9 heteroatoms. The van der Waals surface area contributed by atoms with Crippen LogP contribution in [-0.4, -0.2) is 23.5 Å². The molecular formula is C16H10Cl4N2O3. The summed E-state index contributed by atoms with van der Waals surface area (Å²) in [7, 11) is 0. The number of nitrogens with one attached hydrogen (secondary N) is 1. The molecule has 1 heterocycles. The second-order valence-electron chi connectivity index (χ2n) is 4.64. The lowest BCUT2D eigenvalue weighted by Crippen LogP contribution is -2.20. The van der Waals surface area contributed by atoms with Crippen LogP contribution >= 0.6 is 46.4 Å². The first-order valence-electron chi connectivity index (χ1n) is 6.76. The molecule has 130 valence electrons. The molecule has 0 atom stereocenters. The maximum Gasteiger partial charge on any atom is 0.331 e. The second kappa shape index (κ2) is 9.06. The number of ether oxygens (including phenoxy) is 1. The van der Waals surface area contributed by atoms with E-state index in [-0.39, 0.29) is 10.8 Å². The predicted molar refractivity (Wildman–Crippen MR) is 99.3 cm³/mol. The van der Waals surface area contributed by atoms with Crippen LogP contribution in [0.4, 0.5) is 5.82 Å². The van der Waals surface area contributed by atoms with Crippen LogP contribution in [-0.2, 0) is 14.3 Å². The van der Waals surface area contributed by atoms with Gasteiger partial charge in [0.2, 0.25) is 0 Å². The summed E-state index contributed by atoms with van der Waals surface area (Å²) in [4.78, 5) is 27.2. The quantitative estimate of drug-likeness (QED) is 0.553. The highest BCUT2D eigenvalue weighted by Gasteiger charge is 2.10. The molecular weight excluding hydrogens is 410 g/mol. The van der Waals surface area contributed by atoms with E-state index in [0.717, 1.165) is 6.08 Å². The fraction of sp³-hybridized carbons (Fsp3) is 0.0625. The van der Waals surface area contributed by atoms with E-state index < -0.39 is 18.5 Å². The summed E-state index contributed by atoms with van der Waals surface area (Å²) in [5.41, 5.74) is 0.588. The fourth-order valence-corrected chi connectivity index (χ4v) is 2.55. The largest absolute Gasteiger partial charge is 0.452 e. The summed E-state index contributed by atoms with van der Waals surface area (Å²) in [6.07, 6.45) is 3.93. The van der Waals surface area contributed by atoms with Crippen molar-refractivity contribution in [1.29, 1.82) is 0 Å². The predicted octanol–water partition coefficient (Wildman–Crippen LogP) is 4.89. The van der Waals surface area contributed by atoms with Crippen LogP contribution in [0.3, 0.4) is 0 Å². The van der Waals surface area contributed by atoms with Crippen LogP contribution in [0.5, 0.6) is 0 Å². The first-order chi connectivity index (χ1) is 11.8. The number of anilines is 1. The SMILES string of the molecule is O=C(COC(=O)C=Cc1ccc(Cl)cc1Cl)Nc1ncc(Cl)cc1Cl. The van der Waals surface area contributed by atoms with Crippen molar-refractivity contribution >= 4 is 70.2 Å². The van der Waals surface area contributed by atoms with Gasteiger partial charge in [-0.3, -0.25) is 4.79 Å². The van der Waals surface area contributed by atoms with Gasteiger partial charge in [0.1, 0.15) is 0 Å². The first kappa shape index (κ1) is 19.5. The van der Waals surface area contributed by atoms with Gasteiger partial charge in [-0.05, 0) is 29.8 Å². The summed E-state index contributed by atoms with van der Waals surface area (Å²) in [5, 5.41) is 3.78. The molecule has 0 unspecified atom stereocenters. The molecule has 0 saturated carbocycles. The molecule has 0 aliphatic heterocycles. The molecule has 1 amide bonds. The van der Waals surface area contributed by atoms with Crippen molar-refractivity contribution in [2.24, 2.45) is 0 Å². The Morgan fingerprint density at radius 1 is 1.08 bits per heavy atom. The third-order valence-corrected chi connectivity index (χ3v) is 3.83. The molecule has 0 radical (unpaired) electrons. The van der Waals surface area contributed by atoms with Crippen molar-refractivity contribution in [2.45, 2.75) is 0 Å². The van der Waals surface area contributed by atoms with Crippen molar-refractivity contribution in [3.63, 3.8) is 0 Å². The number of benzene rings is 1. The van der Waals surface area contributed by atoms with E-state index in [9.17, 15) is 9.59 Å². The molecule has 0 aliphatic carbocycles. The maximum absolute atomic E-state index is 11.7. The minimum absolute atomic E-state index is 0.121. The summed E-state index contributed by atoms with van der Waals surface area (Å²) in [5.74, 6) is -1.19. The molecule has 1 aromatic heterocycles. The Kier molecular flexibility index (Phi) is 7.08. The Bertz CT molecular complexity index is 840. The van der Waals surface area contributed by atoms with E-state index >= 15 is 0 Å². The zero-order valence-electron chi connectivity index (χ0n) is 12.4. The number of pyridine rings is 1. The van der Waals surface area contributed by atoms with Gasteiger partial charge in [-0.25, -0.2) is 9.78 Å². The summed E-state index contributed by atoms with van der Waals surface area (Å²) >= 11 is 23.3. The van der Waals surface area contributed by atoms with Crippen LogP contribution in [0.2, 0.25) is 20.1 Å². The van der Waals surface area contributed by atoms with Crippen LogP contribution in [0.15, 0.2) is 36.5 Å². The van der Waals surface area contributed by atoms with E-state index in [1.54, 1.807) is 18.2 Å². The van der Waals surface area contributed by atoms with E-state index in [1.165, 1.54) is 18.3 Å². The molecule has 1 aromatic carbocycles. The van der Waals surface area contributed by atoms with E-state index in [0.29, 0.717) is 20.6 Å². The molecule has 0 saturated heterocycles. The highest BCUT2D eigenvalue weighted by Crippen LogP contribution is 2.23. The van der Waals surface area contributed by atoms with Gasteiger partial charge in [-0.2, -0.15) is 0 Å². The highest BCUT2D eigenvalue weighted by molar-refractivity contribution is 6.36. The Balaban J connectivity index is 1.86. The number of amides is 1. The van der Waals surface area contributed by atoms with E-state index in [1.807, 2.05) is 0 Å². The normalized spacial score (nSPS) is 10.7. The van der Waals surface area contributed by atoms with Crippen LogP contribution in [0, 0.1) is 0 Å². The lowest BCUT2D eigenvalue weighted by Gasteiger charge is -2.06. The Hall–Kier alpha value is -1.79. The molecule has 0 spiro atoms. The third-order valence-electron chi connectivity index (χ3n) is 2.77. The maximum atomic E-state index is 11.7. The van der Waals surface area contributed by atoms with Crippen LogP contribution in [0.1, 0.15) is 5.56 Å². The molecule has 2 rings (SSSR count). The minimum atomic E-state index is -0.712. The fourth-order valence-electron chi connectivity index (χ4n) is 1.65. The molecule has 5 nitrogen and oxygen atoms in total. The zero-order valence-corrected chi connectivity index (χ0v) is 15.5. The lowest BCUT2D eigenvalue weighted by molar-refractivity contribution is -0.142. The van der Waals surface area contributed by atoms with Gasteiger partial charge < -0.3 is 10.1 Å². The van der Waals surface area contributed by atoms with Crippen molar-refractivity contribution < 1.29 is 14.3 Å². The van der Waals surface area contributed by atoms with Crippen molar-refractivity contribution in [1.82, 2.24) is 4.98 Å². The topological polar surface area (TPSA) is 68.3 Å². The van der Waals surface area contributed by atoms with E-state index in [2.05, 4.69) is 10.3 Å². The van der Waals surface area contributed by atoms with Crippen LogP contribution < -0.4 is 5.32 Å². The number of carbonyl (C=O) groups is 2. The second-order valence-corrected chi connectivity index (χ2v) is 6.33. The summed E-state index contributed by atoms with van der Waals surface area (Å²) in [6, 6.07) is 6.25. The number of aromatic nitrogens is 1. The van der Waals surface area contributed by atoms with Gasteiger partial charge >= 0.3 is 5.97 Å². The number of nitrogens with zero attached hydrogens (tertiary/aromatic N) is 1. The summed E-state index contributed by atoms with van der Waals surface area (Å²) in [6.45, 7) is -0.502. The monoisotopic (exact) mass is 418 g/mol. The zero-order chi connectivity index (χ0) is 18.4. The van der Waals surface area contributed by atoms with Gasteiger partial charge in [0.25, 0.3) is 5.91 Å². The number of carbonyl (C=O) groups excluding carboxylic acids is 2. The Labute approximate surface area is 163 Å². The summed E-state index contributed by atoms with van der Waals surface area (Å²) < 4.78 is 4.82. The number of rotatable bonds is 5. The minimum Gasteiger partial charge on any atom is -0.452 e. The van der Waals surface area contributed by atoms with Gasteiger partial charge in [0, 0.05) is 22.3 Å². The third kappa shape index (κ3) is 6.21. The number of esters is 1. The Morgan fingerprint density at radius 3 is 2.48 bits per heavy atom. The lowest BCUT2D eigenvalue weighted by atomic mass is 10.2. The average molecular weight is 420 g/mol. The first-order valence-corrected chi connectivity index (χ1v) is 8.27. The smallest absolute Gasteiger partial charge is 0.331 e. The average Bonchev–Trinajstić information content (AvgIpc) is 2.55. The molecule has 2 aromatic rings. The van der Waals surface area contributed by atoms with Gasteiger partial charge in [-0.15, -0.1) is 0 Å². The number of halogens is 4. The standard InChI is InChI=1S/C16H10Cl4N2O3/c17-10-3-1-9(12(19)5-10)2-4-15(24)25-8-14(23)22-16-13(20)6-11(18)7-21-16/h1-7H,8H2,(H,21,22,23). The van der Waals surface area contributed by atoms with Gasteiger partial charge in [-0.1, -0.05) is 52.5 Å². The highest BCUT2D eigenvalue weighted by atomic mass is 35.5. The van der Waals surface area contributed by atoms with Crippen molar-refractivity contribution in [3.05, 3.63) is 62.2 Å². The van der Waals surface area contributed by atoms with Crippen molar-refractivity contribution in [3.8, 4) is 0 Å². The van der Waals surface area contributed by atoms with Crippen LogP contribution in [0.25, 0.3) is 6.08 Å². The molecule has 1 N–H and O–H groups in total. The molecule has 0 aliphatic rings. The molecule has 0 fully saturated rings. The number of hydrogen-bond acceptors (Lipinski definition) is 4. The van der Waals surface area contributed by atoms with Crippen molar-refractivity contribution in [2.75, 3.05) is 11.9 Å². The Morgan fingerprint density at radius 2 is 1.80 bits per heavy atom. The van der Waals surface area contributed by atoms with Gasteiger partial charge in [0.15, 0.2) is 12.4 Å². The van der Waals surface area contributed by atoms with Gasteiger partial charge in [0.05, 0.1) is 10.0 Å². The molecule has 25 heavy (non-hydrogen) atoms.